The summed E-state index contributed by atoms with van der Waals surface area (Å²) in [4.78, 5) is 4.90. The molecule has 0 bridgehead atoms. The lowest BCUT2D eigenvalue weighted by Gasteiger charge is -2.32. The number of rotatable bonds is 11. The fourth-order valence-corrected chi connectivity index (χ4v) is 16.2. The number of fused-ring (bicyclic) bond motifs is 11. The van der Waals surface area contributed by atoms with Crippen molar-refractivity contribution in [1.29, 1.82) is 0 Å². The predicted octanol–water partition coefficient (Wildman–Crippen LogP) is 25.6. The summed E-state index contributed by atoms with van der Waals surface area (Å²) in [7, 11) is 0. The van der Waals surface area contributed by atoms with E-state index >= 15 is 0 Å². The van der Waals surface area contributed by atoms with E-state index in [0.717, 1.165) is 63.6 Å². The number of benzene rings is 14. The number of anilines is 6. The smallest absolute Gasteiger partial charge is 0.135 e. The zero-order valence-corrected chi connectivity index (χ0v) is 52.5. The quantitative estimate of drug-likeness (QED) is 0.129. The Morgan fingerprint density at radius 3 is 1.63 bits per heavy atom. The largest absolute Gasteiger partial charge is 0.460 e. The highest BCUT2D eigenvalue weighted by Crippen LogP contribution is 2.55. The molecule has 0 radical (unpaired) electrons. The summed E-state index contributed by atoms with van der Waals surface area (Å²) in [6.45, 7) is 4.78. The summed E-state index contributed by atoms with van der Waals surface area (Å²) < 4.78 is 9.00. The maximum Gasteiger partial charge on any atom is 0.135 e. The van der Waals surface area contributed by atoms with Gasteiger partial charge in [0, 0.05) is 71.4 Å². The zero-order chi connectivity index (χ0) is 61.7. The first-order valence-corrected chi connectivity index (χ1v) is 33.1. The predicted molar refractivity (Wildman–Crippen MR) is 396 cm³/mol. The second-order valence-corrected chi connectivity index (χ2v) is 26.5. The van der Waals surface area contributed by atoms with E-state index in [1.54, 1.807) is 0 Å². The second kappa shape index (κ2) is 22.0. The van der Waals surface area contributed by atoms with Gasteiger partial charge in [0.15, 0.2) is 0 Å². The van der Waals surface area contributed by atoms with Gasteiger partial charge < -0.3 is 14.2 Å². The van der Waals surface area contributed by atoms with Gasteiger partial charge in [0.2, 0.25) is 0 Å². The molecule has 3 nitrogen and oxygen atoms in total. The van der Waals surface area contributed by atoms with Gasteiger partial charge in [-0.1, -0.05) is 232 Å². The average molecular weight is 1210 g/mol. The molecule has 2 aromatic heterocycles. The summed E-state index contributed by atoms with van der Waals surface area (Å²) in [5.74, 6) is 1.07. The maximum atomic E-state index is 6.40. The van der Waals surface area contributed by atoms with Crippen LogP contribution in [0, 0.1) is 0 Å². The van der Waals surface area contributed by atoms with Crippen molar-refractivity contribution in [3.05, 3.63) is 332 Å². The summed E-state index contributed by atoms with van der Waals surface area (Å²) in [6.07, 6.45) is 6.42. The van der Waals surface area contributed by atoms with Crippen LogP contribution in [0.1, 0.15) is 42.7 Å². The Morgan fingerprint density at radius 1 is 0.344 bits per heavy atom. The second-order valence-electron chi connectivity index (χ2n) is 25.5. The molecule has 93 heavy (non-hydrogen) atoms. The lowest BCUT2D eigenvalue weighted by Crippen LogP contribution is -2.20. The van der Waals surface area contributed by atoms with Crippen molar-refractivity contribution in [2.45, 2.75) is 32.1 Å². The van der Waals surface area contributed by atoms with E-state index in [1.807, 2.05) is 11.3 Å². The fraction of sp³-hybridized carbons (Fsp3) is 0.0562. The van der Waals surface area contributed by atoms with Crippen molar-refractivity contribution in [2.24, 2.45) is 0 Å². The third-order valence-electron chi connectivity index (χ3n) is 19.7. The van der Waals surface area contributed by atoms with E-state index in [2.05, 4.69) is 339 Å². The molecule has 2 aliphatic rings. The van der Waals surface area contributed by atoms with Crippen molar-refractivity contribution >= 4 is 104 Å². The normalized spacial score (nSPS) is 13.0. The minimum Gasteiger partial charge on any atom is -0.460 e. The van der Waals surface area contributed by atoms with Crippen LogP contribution in [0.3, 0.4) is 0 Å². The molecule has 0 unspecified atom stereocenters. The number of hydrogen-bond acceptors (Lipinski definition) is 4. The average Bonchev–Trinajstić information content (AvgIpc) is 1.59. The van der Waals surface area contributed by atoms with E-state index < -0.39 is 0 Å². The number of furan rings is 1. The van der Waals surface area contributed by atoms with Gasteiger partial charge in [-0.25, -0.2) is 0 Å². The Morgan fingerprint density at radius 2 is 0.871 bits per heavy atom. The molecular weight excluding hydrogens is 1150 g/mol. The van der Waals surface area contributed by atoms with Gasteiger partial charge in [-0.15, -0.1) is 11.3 Å². The first-order valence-electron chi connectivity index (χ1n) is 32.3. The van der Waals surface area contributed by atoms with E-state index in [0.29, 0.717) is 0 Å². The zero-order valence-electron chi connectivity index (χ0n) is 51.6. The molecule has 0 saturated carbocycles. The Balaban J connectivity index is 0.660. The number of nitrogens with zero attached hydrogens (tertiary/aromatic N) is 2. The Labute approximate surface area is 545 Å². The molecule has 0 N–H and O–H groups in total. The summed E-state index contributed by atoms with van der Waals surface area (Å²) in [5.41, 5.74) is 25.7. The molecule has 0 saturated heterocycles. The molecule has 14 aromatic carbocycles. The van der Waals surface area contributed by atoms with Crippen molar-refractivity contribution in [3.63, 3.8) is 0 Å². The monoisotopic (exact) mass is 1210 g/mol. The molecule has 440 valence electrons. The standard InChI is InChI=1S/C89H62N2OS/c1-89(2)82-31-10-7-26-75(82)78-30-16-32-83(88(78)89)91(71-48-50-87-81(56-71)77-28-9-12-34-86(77)93-87)69-23-14-21-65(53-69)79-54-66(51-63-18-4-6-25-74(63)79)61-41-39-58(40-42-61)57-35-37-59(38-36-57)60-43-45-67(46-44-60)90(70-47-49-85-80(55-70)76-27-8-11-33-84(76)92-85)68-22-13-20-64(52-68)73-29-15-19-62-17-3-5-24-72(62)73/h3-10,12-32,34-56H,11,33H2,1-2H3. The van der Waals surface area contributed by atoms with E-state index in [9.17, 15) is 0 Å². The number of thiophene rings is 1. The van der Waals surface area contributed by atoms with Gasteiger partial charge in [0.05, 0.1) is 5.69 Å². The van der Waals surface area contributed by atoms with E-state index in [1.165, 1.54) is 125 Å². The van der Waals surface area contributed by atoms with Gasteiger partial charge in [-0.05, 0) is 203 Å². The molecule has 0 amide bonds. The molecule has 0 fully saturated rings. The highest BCUT2D eigenvalue weighted by Gasteiger charge is 2.39. The van der Waals surface area contributed by atoms with Gasteiger partial charge in [0.1, 0.15) is 11.3 Å². The van der Waals surface area contributed by atoms with Crippen LogP contribution in [-0.2, 0) is 11.8 Å². The lowest BCUT2D eigenvalue weighted by molar-refractivity contribution is 0.546. The summed E-state index contributed by atoms with van der Waals surface area (Å²) in [6, 6.07) is 113. The van der Waals surface area contributed by atoms with Gasteiger partial charge in [0.25, 0.3) is 0 Å². The third-order valence-corrected chi connectivity index (χ3v) is 20.8. The van der Waals surface area contributed by atoms with Crippen LogP contribution in [0.2, 0.25) is 0 Å². The topological polar surface area (TPSA) is 19.6 Å². The third kappa shape index (κ3) is 9.31. The number of aryl methyl sites for hydroxylation is 1. The van der Waals surface area contributed by atoms with Crippen molar-refractivity contribution in [2.75, 3.05) is 9.80 Å². The minimum absolute atomic E-state index is 0.217. The Bertz CT molecular complexity index is 5660. The molecule has 16 aromatic rings. The van der Waals surface area contributed by atoms with Crippen LogP contribution in [0.5, 0.6) is 0 Å². The fourth-order valence-electron chi connectivity index (χ4n) is 15.1. The van der Waals surface area contributed by atoms with Crippen LogP contribution in [0.15, 0.2) is 314 Å². The Hall–Kier alpha value is -11.3. The van der Waals surface area contributed by atoms with Crippen molar-refractivity contribution < 1.29 is 4.42 Å². The van der Waals surface area contributed by atoms with Gasteiger partial charge in [-0.2, -0.15) is 0 Å². The SMILES string of the molecule is CC1(C)c2ccccc2-c2cccc(N(c3cccc(-c4cc(-c5ccc(-c6ccc(-c7ccc(N(c8cccc(-c9cccc%10ccccc9%10)c8)c8ccc9oc%10c(c9c8)C=CCC%10)cc7)cc6)cc5)cc5ccccc45)c3)c3ccc4sc5ccccc5c4c3)c21. The molecule has 18 rings (SSSR count). The van der Waals surface area contributed by atoms with Crippen molar-refractivity contribution in [3.8, 4) is 66.8 Å². The summed E-state index contributed by atoms with van der Waals surface area (Å²) >= 11 is 1.86. The molecule has 2 heterocycles. The Kier molecular flexibility index (Phi) is 12.9. The van der Waals surface area contributed by atoms with Crippen LogP contribution < -0.4 is 9.80 Å². The number of allylic oxidation sites excluding steroid dienone is 1. The van der Waals surface area contributed by atoms with E-state index in [-0.39, 0.29) is 5.41 Å². The van der Waals surface area contributed by atoms with Crippen molar-refractivity contribution in [1.82, 2.24) is 0 Å². The molecular formula is C89H62N2OS. The highest BCUT2D eigenvalue weighted by atomic mass is 32.1. The number of hydrogen-bond donors (Lipinski definition) is 0. The molecule has 0 spiro atoms. The van der Waals surface area contributed by atoms with E-state index in [4.69, 9.17) is 4.42 Å². The molecule has 4 heteroatoms. The highest BCUT2D eigenvalue weighted by molar-refractivity contribution is 7.25. The van der Waals surface area contributed by atoms with Gasteiger partial charge >= 0.3 is 0 Å². The first-order chi connectivity index (χ1) is 45.8. The lowest BCUT2D eigenvalue weighted by atomic mass is 9.81. The summed E-state index contributed by atoms with van der Waals surface area (Å²) in [5, 5.41) is 8.63. The van der Waals surface area contributed by atoms with Crippen LogP contribution in [0.25, 0.3) is 126 Å². The molecule has 2 aliphatic carbocycles. The first kappa shape index (κ1) is 54.6. The van der Waals surface area contributed by atoms with Crippen LogP contribution in [0.4, 0.5) is 34.1 Å². The van der Waals surface area contributed by atoms with Crippen LogP contribution >= 0.6 is 11.3 Å². The molecule has 0 aliphatic heterocycles. The maximum absolute atomic E-state index is 6.40. The van der Waals surface area contributed by atoms with Crippen LogP contribution in [-0.4, -0.2) is 0 Å². The minimum atomic E-state index is -0.217. The molecule has 0 atom stereocenters. The van der Waals surface area contributed by atoms with Gasteiger partial charge in [-0.3, -0.25) is 0 Å².